The zero-order valence-corrected chi connectivity index (χ0v) is 13.1. The lowest BCUT2D eigenvalue weighted by Gasteiger charge is -2.12. The van der Waals surface area contributed by atoms with Crippen LogP contribution < -0.4 is 5.32 Å². The van der Waals surface area contributed by atoms with Gasteiger partial charge in [-0.15, -0.1) is 0 Å². The minimum Gasteiger partial charge on any atom is -0.387 e. The number of nitrogens with zero attached hydrogens (tertiary/aromatic N) is 1. The molecule has 1 heterocycles. The Labute approximate surface area is 138 Å². The van der Waals surface area contributed by atoms with Crippen molar-refractivity contribution in [3.8, 4) is 0 Å². The molecule has 2 rings (SSSR count). The van der Waals surface area contributed by atoms with Gasteiger partial charge in [0.05, 0.1) is 6.10 Å². The predicted octanol–water partition coefficient (Wildman–Crippen LogP) is 3.25. The standard InChI is InChI=1S/C16H14Cl2N2O2/c17-13-6-12(7-14(18)8-13)15(21)10-20-16(22)4-3-11-2-1-5-19-9-11/h1-9,15,21H,10H2,(H,20,22)/b4-3-/t15-/m0/s1. The average molecular weight is 337 g/mol. The van der Waals surface area contributed by atoms with Crippen LogP contribution in [-0.2, 0) is 4.79 Å². The molecule has 6 heteroatoms. The van der Waals surface area contributed by atoms with Crippen LogP contribution in [0.4, 0.5) is 0 Å². The summed E-state index contributed by atoms with van der Waals surface area (Å²) in [6.07, 6.45) is 5.45. The zero-order valence-electron chi connectivity index (χ0n) is 11.5. The van der Waals surface area contributed by atoms with Crippen molar-refractivity contribution in [2.24, 2.45) is 0 Å². The first-order valence-corrected chi connectivity index (χ1v) is 7.30. The van der Waals surface area contributed by atoms with Crippen LogP contribution in [0.3, 0.4) is 0 Å². The number of amides is 1. The third kappa shape index (κ3) is 5.15. The summed E-state index contributed by atoms with van der Waals surface area (Å²) in [4.78, 5) is 15.6. The fourth-order valence-corrected chi connectivity index (χ4v) is 2.33. The molecule has 2 N–H and O–H groups in total. The summed E-state index contributed by atoms with van der Waals surface area (Å²) in [6.45, 7) is 0.0624. The zero-order chi connectivity index (χ0) is 15.9. The predicted molar refractivity (Wildman–Crippen MR) is 87.7 cm³/mol. The van der Waals surface area contributed by atoms with Crippen LogP contribution >= 0.6 is 23.2 Å². The first-order chi connectivity index (χ1) is 10.5. The third-order valence-electron chi connectivity index (χ3n) is 2.85. The van der Waals surface area contributed by atoms with Crippen molar-refractivity contribution in [3.05, 3.63) is 70.0 Å². The second-order valence-corrected chi connectivity index (χ2v) is 5.46. The van der Waals surface area contributed by atoms with Gasteiger partial charge in [0.1, 0.15) is 0 Å². The highest BCUT2D eigenvalue weighted by Crippen LogP contribution is 2.23. The molecule has 22 heavy (non-hydrogen) atoms. The highest BCUT2D eigenvalue weighted by atomic mass is 35.5. The number of aliphatic hydroxyl groups excluding tert-OH is 1. The Kier molecular flexibility index (Phi) is 5.95. The Bertz CT molecular complexity index is 655. The molecule has 0 fully saturated rings. The van der Waals surface area contributed by atoms with Crippen LogP contribution in [-0.4, -0.2) is 22.5 Å². The molecule has 0 saturated heterocycles. The van der Waals surface area contributed by atoms with Crippen LogP contribution in [0.15, 0.2) is 48.8 Å². The SMILES string of the molecule is O=C(/C=C\c1cccnc1)NC[C@H](O)c1cc(Cl)cc(Cl)c1. The van der Waals surface area contributed by atoms with Gasteiger partial charge in [-0.3, -0.25) is 9.78 Å². The second-order valence-electron chi connectivity index (χ2n) is 4.58. The number of aromatic nitrogens is 1. The molecule has 0 aliphatic heterocycles. The first-order valence-electron chi connectivity index (χ1n) is 6.54. The first kappa shape index (κ1) is 16.5. The molecule has 0 spiro atoms. The lowest BCUT2D eigenvalue weighted by Crippen LogP contribution is -2.26. The van der Waals surface area contributed by atoms with E-state index in [0.29, 0.717) is 15.6 Å². The molecule has 0 saturated carbocycles. The Balaban J connectivity index is 1.89. The number of pyridine rings is 1. The molecular weight excluding hydrogens is 323 g/mol. The van der Waals surface area contributed by atoms with E-state index in [-0.39, 0.29) is 12.5 Å². The third-order valence-corrected chi connectivity index (χ3v) is 3.29. The van der Waals surface area contributed by atoms with Crippen LogP contribution in [0, 0.1) is 0 Å². The molecule has 0 aliphatic rings. The molecule has 1 aromatic heterocycles. The minimum atomic E-state index is -0.882. The van der Waals surface area contributed by atoms with Crippen LogP contribution in [0.1, 0.15) is 17.2 Å². The summed E-state index contributed by atoms with van der Waals surface area (Å²) in [5.74, 6) is -0.309. The fraction of sp³-hybridized carbons (Fsp3) is 0.125. The van der Waals surface area contributed by atoms with Gasteiger partial charge in [0, 0.05) is 35.1 Å². The van der Waals surface area contributed by atoms with Crippen molar-refractivity contribution < 1.29 is 9.90 Å². The monoisotopic (exact) mass is 336 g/mol. The quantitative estimate of drug-likeness (QED) is 0.824. The second kappa shape index (κ2) is 7.94. The summed E-state index contributed by atoms with van der Waals surface area (Å²) < 4.78 is 0. The summed E-state index contributed by atoms with van der Waals surface area (Å²) in [7, 11) is 0. The van der Waals surface area contributed by atoms with Gasteiger partial charge in [0.25, 0.3) is 0 Å². The number of benzene rings is 1. The number of rotatable bonds is 5. The smallest absolute Gasteiger partial charge is 0.244 e. The maximum Gasteiger partial charge on any atom is 0.244 e. The summed E-state index contributed by atoms with van der Waals surface area (Å²) in [6, 6.07) is 8.41. The molecule has 4 nitrogen and oxygen atoms in total. The number of nitrogens with one attached hydrogen (secondary N) is 1. The molecule has 0 radical (unpaired) electrons. The van der Waals surface area contributed by atoms with Gasteiger partial charge >= 0.3 is 0 Å². The van der Waals surface area contributed by atoms with Gasteiger partial charge in [-0.25, -0.2) is 0 Å². The fourth-order valence-electron chi connectivity index (χ4n) is 1.79. The van der Waals surface area contributed by atoms with E-state index in [1.54, 1.807) is 42.7 Å². The van der Waals surface area contributed by atoms with E-state index >= 15 is 0 Å². The summed E-state index contributed by atoms with van der Waals surface area (Å²) >= 11 is 11.7. The van der Waals surface area contributed by atoms with Gasteiger partial charge in [-0.05, 0) is 41.5 Å². The van der Waals surface area contributed by atoms with E-state index in [4.69, 9.17) is 23.2 Å². The topological polar surface area (TPSA) is 62.2 Å². The van der Waals surface area contributed by atoms with E-state index < -0.39 is 6.10 Å². The summed E-state index contributed by atoms with van der Waals surface area (Å²) in [5.41, 5.74) is 1.37. The molecule has 0 aliphatic carbocycles. The number of carbonyl (C=O) groups is 1. The molecule has 1 atom stereocenters. The Morgan fingerprint density at radius 3 is 2.68 bits per heavy atom. The molecule has 0 unspecified atom stereocenters. The van der Waals surface area contributed by atoms with Gasteiger partial charge in [0.2, 0.25) is 5.91 Å². The Morgan fingerprint density at radius 2 is 2.05 bits per heavy atom. The van der Waals surface area contributed by atoms with Crippen LogP contribution in [0.2, 0.25) is 10.0 Å². The van der Waals surface area contributed by atoms with Crippen molar-refractivity contribution in [2.75, 3.05) is 6.54 Å². The molecular formula is C16H14Cl2N2O2. The van der Waals surface area contributed by atoms with Crippen molar-refractivity contribution in [1.82, 2.24) is 10.3 Å². The number of hydrogen-bond donors (Lipinski definition) is 2. The van der Waals surface area contributed by atoms with Crippen molar-refractivity contribution in [3.63, 3.8) is 0 Å². The van der Waals surface area contributed by atoms with Gasteiger partial charge in [-0.1, -0.05) is 29.3 Å². The molecule has 1 amide bonds. The van der Waals surface area contributed by atoms with E-state index in [1.807, 2.05) is 6.07 Å². The molecule has 2 aromatic rings. The van der Waals surface area contributed by atoms with Crippen LogP contribution in [0.25, 0.3) is 6.08 Å². The average Bonchev–Trinajstić information content (AvgIpc) is 2.50. The lowest BCUT2D eigenvalue weighted by atomic mass is 10.1. The maximum absolute atomic E-state index is 11.7. The molecule has 114 valence electrons. The number of hydrogen-bond acceptors (Lipinski definition) is 3. The summed E-state index contributed by atoms with van der Waals surface area (Å²) in [5, 5.41) is 13.5. The Hall–Kier alpha value is -1.88. The normalized spacial score (nSPS) is 12.3. The van der Waals surface area contributed by atoms with E-state index in [0.717, 1.165) is 5.56 Å². The maximum atomic E-state index is 11.7. The van der Waals surface area contributed by atoms with Crippen LogP contribution in [0.5, 0.6) is 0 Å². The largest absolute Gasteiger partial charge is 0.387 e. The van der Waals surface area contributed by atoms with Crippen molar-refractivity contribution in [2.45, 2.75) is 6.10 Å². The van der Waals surface area contributed by atoms with Crippen molar-refractivity contribution >= 4 is 35.2 Å². The molecule has 0 bridgehead atoms. The van der Waals surface area contributed by atoms with Crippen molar-refractivity contribution in [1.29, 1.82) is 0 Å². The lowest BCUT2D eigenvalue weighted by molar-refractivity contribution is -0.116. The highest BCUT2D eigenvalue weighted by molar-refractivity contribution is 6.34. The van der Waals surface area contributed by atoms with Gasteiger partial charge in [0.15, 0.2) is 0 Å². The van der Waals surface area contributed by atoms with Gasteiger partial charge < -0.3 is 10.4 Å². The number of halogens is 2. The number of carbonyl (C=O) groups excluding carboxylic acids is 1. The Morgan fingerprint density at radius 1 is 1.32 bits per heavy atom. The van der Waals surface area contributed by atoms with E-state index in [2.05, 4.69) is 10.3 Å². The number of aliphatic hydroxyl groups is 1. The van der Waals surface area contributed by atoms with E-state index in [9.17, 15) is 9.90 Å². The minimum absolute atomic E-state index is 0.0624. The highest BCUT2D eigenvalue weighted by Gasteiger charge is 2.10. The van der Waals surface area contributed by atoms with Gasteiger partial charge in [-0.2, -0.15) is 0 Å². The van der Waals surface area contributed by atoms with E-state index in [1.165, 1.54) is 6.08 Å². The molecule has 1 aromatic carbocycles.